The van der Waals surface area contributed by atoms with E-state index >= 15 is 0 Å². The van der Waals surface area contributed by atoms with Gasteiger partial charge < -0.3 is 21.1 Å². The van der Waals surface area contributed by atoms with E-state index in [2.05, 4.69) is 27.8 Å². The lowest BCUT2D eigenvalue weighted by Crippen LogP contribution is -2.38. The van der Waals surface area contributed by atoms with Gasteiger partial charge in [0.15, 0.2) is 0 Å². The fourth-order valence-corrected chi connectivity index (χ4v) is 2.95. The molecular formula is C20H32N4O3. The Morgan fingerprint density at radius 1 is 1.33 bits per heavy atom. The van der Waals surface area contributed by atoms with E-state index < -0.39 is 12.0 Å². The van der Waals surface area contributed by atoms with E-state index in [9.17, 15) is 9.59 Å². The summed E-state index contributed by atoms with van der Waals surface area (Å²) in [6.45, 7) is 3.93. The number of anilines is 1. The number of carbonyl (C=O) groups excluding carboxylic acids is 2. The zero-order valence-corrected chi connectivity index (χ0v) is 16.3. The highest BCUT2D eigenvalue weighted by atomic mass is 16.5. The Balaban J connectivity index is 1.58. The Kier molecular flexibility index (Phi) is 9.04. The van der Waals surface area contributed by atoms with Gasteiger partial charge in [-0.25, -0.2) is 4.98 Å². The van der Waals surface area contributed by atoms with Crippen molar-refractivity contribution in [2.75, 3.05) is 25.0 Å². The van der Waals surface area contributed by atoms with Crippen LogP contribution in [0.4, 0.5) is 5.82 Å². The van der Waals surface area contributed by atoms with Crippen molar-refractivity contribution in [3.05, 3.63) is 23.4 Å². The van der Waals surface area contributed by atoms with E-state index in [0.717, 1.165) is 63.0 Å². The summed E-state index contributed by atoms with van der Waals surface area (Å²) in [6.07, 6.45) is 6.65. The summed E-state index contributed by atoms with van der Waals surface area (Å²) >= 11 is 0. The first-order chi connectivity index (χ1) is 13.1. The second-order valence-electron chi connectivity index (χ2n) is 6.98. The maximum Gasteiger partial charge on any atom is 0.323 e. The molecule has 1 unspecified atom stereocenters. The summed E-state index contributed by atoms with van der Waals surface area (Å²) in [5.41, 5.74) is 8.08. The van der Waals surface area contributed by atoms with E-state index in [0.29, 0.717) is 13.2 Å². The Labute approximate surface area is 161 Å². The average molecular weight is 377 g/mol. The number of pyridine rings is 1. The molecule has 150 valence electrons. The molecule has 1 amide bonds. The number of aryl methyl sites for hydroxylation is 2. The minimum atomic E-state index is -0.894. The van der Waals surface area contributed by atoms with Crippen molar-refractivity contribution in [3.63, 3.8) is 0 Å². The molecule has 0 aliphatic carbocycles. The van der Waals surface area contributed by atoms with Gasteiger partial charge in [0.05, 0.1) is 13.0 Å². The number of nitrogens with one attached hydrogen (secondary N) is 2. The van der Waals surface area contributed by atoms with E-state index in [4.69, 9.17) is 10.5 Å². The molecule has 0 saturated carbocycles. The Hall–Kier alpha value is -2.15. The van der Waals surface area contributed by atoms with Gasteiger partial charge in [-0.15, -0.1) is 0 Å². The first-order valence-electron chi connectivity index (χ1n) is 10.0. The lowest BCUT2D eigenvalue weighted by atomic mass is 10.1. The van der Waals surface area contributed by atoms with Crippen molar-refractivity contribution in [1.29, 1.82) is 0 Å². The molecule has 1 aliphatic heterocycles. The summed E-state index contributed by atoms with van der Waals surface area (Å²) < 4.78 is 5.02. The van der Waals surface area contributed by atoms with Crippen molar-refractivity contribution < 1.29 is 14.3 Å². The average Bonchev–Trinajstić information content (AvgIpc) is 2.67. The number of hydrogen-bond donors (Lipinski definition) is 3. The van der Waals surface area contributed by atoms with Crippen molar-refractivity contribution in [2.45, 2.75) is 64.3 Å². The Morgan fingerprint density at radius 2 is 2.19 bits per heavy atom. The van der Waals surface area contributed by atoms with Crippen molar-refractivity contribution in [1.82, 2.24) is 10.3 Å². The van der Waals surface area contributed by atoms with Crippen LogP contribution in [0.2, 0.25) is 0 Å². The summed E-state index contributed by atoms with van der Waals surface area (Å²) in [4.78, 5) is 28.2. The van der Waals surface area contributed by atoms with Crippen LogP contribution in [0.5, 0.6) is 0 Å². The van der Waals surface area contributed by atoms with Crippen LogP contribution in [-0.2, 0) is 27.2 Å². The fraction of sp³-hybridized carbons (Fsp3) is 0.650. The third-order valence-electron chi connectivity index (χ3n) is 4.58. The molecule has 7 heteroatoms. The molecule has 0 aromatic carbocycles. The Bertz CT molecular complexity index is 621. The van der Waals surface area contributed by atoms with Crippen LogP contribution in [-0.4, -0.2) is 42.6 Å². The molecule has 1 aromatic heterocycles. The molecule has 27 heavy (non-hydrogen) atoms. The molecule has 0 radical (unpaired) electrons. The van der Waals surface area contributed by atoms with Gasteiger partial charge in [0.1, 0.15) is 11.9 Å². The summed E-state index contributed by atoms with van der Waals surface area (Å²) in [6, 6.07) is 3.36. The normalized spacial score (nSPS) is 14.0. The maximum absolute atomic E-state index is 11.9. The third-order valence-corrected chi connectivity index (χ3v) is 4.58. The minimum absolute atomic E-state index is 0.0387. The molecule has 7 nitrogen and oxygen atoms in total. The molecule has 1 aliphatic rings. The number of nitrogens with two attached hydrogens (primary N) is 1. The van der Waals surface area contributed by atoms with E-state index in [1.54, 1.807) is 0 Å². The van der Waals surface area contributed by atoms with E-state index in [1.807, 2.05) is 6.92 Å². The largest absolute Gasteiger partial charge is 0.465 e. The topological polar surface area (TPSA) is 106 Å². The van der Waals surface area contributed by atoms with Gasteiger partial charge in [0.25, 0.3) is 0 Å². The number of aromatic nitrogens is 1. The molecule has 0 bridgehead atoms. The number of carbonyl (C=O) groups is 2. The third kappa shape index (κ3) is 7.54. The highest BCUT2D eigenvalue weighted by molar-refractivity contribution is 5.85. The second kappa shape index (κ2) is 11.5. The van der Waals surface area contributed by atoms with Gasteiger partial charge in [0.2, 0.25) is 5.91 Å². The molecule has 0 fully saturated rings. The number of rotatable bonds is 11. The second-order valence-corrected chi connectivity index (χ2v) is 6.98. The van der Waals surface area contributed by atoms with E-state index in [1.165, 1.54) is 5.56 Å². The van der Waals surface area contributed by atoms with Gasteiger partial charge in [-0.05, 0) is 50.2 Å². The van der Waals surface area contributed by atoms with Crippen LogP contribution in [0, 0.1) is 0 Å². The number of amides is 1. The van der Waals surface area contributed by atoms with Gasteiger partial charge in [0, 0.05) is 18.8 Å². The standard InChI is InChI=1S/C20H32N4O3/c1-2-3-13-27-20(26)17(21)14-18(25)22-11-5-4-8-16-10-9-15-7-6-12-23-19(15)24-16/h9-10,17H,2-8,11-14,21H2,1H3,(H,22,25)(H,23,24). The first-order valence-corrected chi connectivity index (χ1v) is 10.0. The van der Waals surface area contributed by atoms with Crippen LogP contribution in [0.1, 0.15) is 56.7 Å². The minimum Gasteiger partial charge on any atom is -0.465 e. The molecule has 2 heterocycles. The van der Waals surface area contributed by atoms with Gasteiger partial charge in [-0.1, -0.05) is 19.4 Å². The molecule has 4 N–H and O–H groups in total. The summed E-state index contributed by atoms with van der Waals surface area (Å²) in [7, 11) is 0. The number of nitrogens with zero attached hydrogens (tertiary/aromatic N) is 1. The van der Waals surface area contributed by atoms with Crippen LogP contribution >= 0.6 is 0 Å². The summed E-state index contributed by atoms with van der Waals surface area (Å²) in [5, 5.41) is 6.16. The molecule has 1 atom stereocenters. The highest BCUT2D eigenvalue weighted by Gasteiger charge is 2.18. The van der Waals surface area contributed by atoms with Gasteiger partial charge in [-0.3, -0.25) is 9.59 Å². The van der Waals surface area contributed by atoms with Gasteiger partial charge in [-0.2, -0.15) is 0 Å². The lowest BCUT2D eigenvalue weighted by molar-refractivity contribution is -0.146. The molecule has 0 spiro atoms. The van der Waals surface area contributed by atoms with Crippen LogP contribution < -0.4 is 16.4 Å². The Morgan fingerprint density at radius 3 is 3.00 bits per heavy atom. The SMILES string of the molecule is CCCCOC(=O)C(N)CC(=O)NCCCCc1ccc2c(n1)NCCC2. The zero-order valence-electron chi connectivity index (χ0n) is 16.3. The van der Waals surface area contributed by atoms with Crippen molar-refractivity contribution in [2.24, 2.45) is 5.73 Å². The summed E-state index contributed by atoms with van der Waals surface area (Å²) in [5.74, 6) is 0.295. The van der Waals surface area contributed by atoms with E-state index in [-0.39, 0.29) is 12.3 Å². The lowest BCUT2D eigenvalue weighted by Gasteiger charge is -2.17. The number of ether oxygens (including phenoxy) is 1. The fourth-order valence-electron chi connectivity index (χ4n) is 2.95. The smallest absolute Gasteiger partial charge is 0.323 e. The number of fused-ring (bicyclic) bond motifs is 1. The number of unbranched alkanes of at least 4 members (excludes halogenated alkanes) is 2. The molecule has 1 aromatic rings. The zero-order chi connectivity index (χ0) is 19.5. The molecule has 2 rings (SSSR count). The number of esters is 1. The predicted molar refractivity (Wildman–Crippen MR) is 105 cm³/mol. The van der Waals surface area contributed by atoms with Crippen LogP contribution in [0.15, 0.2) is 12.1 Å². The van der Waals surface area contributed by atoms with Crippen LogP contribution in [0.25, 0.3) is 0 Å². The van der Waals surface area contributed by atoms with Crippen molar-refractivity contribution in [3.8, 4) is 0 Å². The first kappa shape index (κ1) is 21.2. The maximum atomic E-state index is 11.9. The van der Waals surface area contributed by atoms with Crippen molar-refractivity contribution >= 4 is 17.7 Å². The number of hydrogen-bond acceptors (Lipinski definition) is 6. The quantitative estimate of drug-likeness (QED) is 0.402. The molecular weight excluding hydrogens is 344 g/mol. The van der Waals surface area contributed by atoms with Gasteiger partial charge >= 0.3 is 5.97 Å². The van der Waals surface area contributed by atoms with Crippen LogP contribution in [0.3, 0.4) is 0 Å². The predicted octanol–water partition coefficient (Wildman–Crippen LogP) is 1.94. The molecule has 0 saturated heterocycles. The monoisotopic (exact) mass is 376 g/mol. The highest BCUT2D eigenvalue weighted by Crippen LogP contribution is 2.20.